The summed E-state index contributed by atoms with van der Waals surface area (Å²) in [5, 5.41) is 6.07. The summed E-state index contributed by atoms with van der Waals surface area (Å²) in [6, 6.07) is 0.207. The first kappa shape index (κ1) is 15.0. The lowest BCUT2D eigenvalue weighted by atomic mass is 10.0. The van der Waals surface area contributed by atoms with Gasteiger partial charge in [0.15, 0.2) is 0 Å². The van der Waals surface area contributed by atoms with Crippen LogP contribution in [0.25, 0.3) is 0 Å². The molecule has 1 heterocycles. The Kier molecular flexibility index (Phi) is 5.59. The lowest BCUT2D eigenvalue weighted by Crippen LogP contribution is -2.43. The van der Waals surface area contributed by atoms with E-state index in [1.165, 1.54) is 4.90 Å². The first-order valence-electron chi connectivity index (χ1n) is 6.67. The van der Waals surface area contributed by atoms with E-state index in [-0.39, 0.29) is 30.3 Å². The monoisotopic (exact) mass is 255 g/mol. The second-order valence-corrected chi connectivity index (χ2v) is 5.53. The molecule has 1 rings (SSSR count). The van der Waals surface area contributed by atoms with Crippen LogP contribution in [0.15, 0.2) is 0 Å². The molecule has 0 aliphatic carbocycles. The Labute approximate surface area is 109 Å². The molecule has 2 amide bonds. The average Bonchev–Trinajstić information content (AvgIpc) is 2.71. The molecule has 0 spiro atoms. The van der Waals surface area contributed by atoms with Crippen LogP contribution in [0.5, 0.6) is 0 Å². The van der Waals surface area contributed by atoms with Gasteiger partial charge in [0, 0.05) is 19.6 Å². The molecule has 5 heteroatoms. The van der Waals surface area contributed by atoms with E-state index in [4.69, 9.17) is 0 Å². The van der Waals surface area contributed by atoms with E-state index in [0.29, 0.717) is 12.5 Å². The van der Waals surface area contributed by atoms with Crippen LogP contribution < -0.4 is 10.6 Å². The number of nitrogens with zero attached hydrogens (tertiary/aromatic N) is 1. The number of likely N-dealkylation sites (N-methyl/N-ethyl adjacent to an activating group) is 1. The molecule has 1 fully saturated rings. The predicted molar refractivity (Wildman–Crippen MR) is 71.1 cm³/mol. The molecule has 0 aromatic rings. The van der Waals surface area contributed by atoms with Gasteiger partial charge in [-0.25, -0.2) is 0 Å². The van der Waals surface area contributed by atoms with E-state index < -0.39 is 0 Å². The normalized spacial score (nSPS) is 23.2. The summed E-state index contributed by atoms with van der Waals surface area (Å²) in [5.74, 6) is 0.410. The highest BCUT2D eigenvalue weighted by molar-refractivity contribution is 5.86. The van der Waals surface area contributed by atoms with Crippen molar-refractivity contribution in [3.63, 3.8) is 0 Å². The van der Waals surface area contributed by atoms with E-state index in [2.05, 4.69) is 10.6 Å². The summed E-state index contributed by atoms with van der Waals surface area (Å²) in [7, 11) is 1.70. The average molecular weight is 255 g/mol. The second-order valence-electron chi connectivity index (χ2n) is 5.53. The van der Waals surface area contributed by atoms with Gasteiger partial charge < -0.3 is 15.5 Å². The van der Waals surface area contributed by atoms with Crippen molar-refractivity contribution in [1.82, 2.24) is 15.5 Å². The van der Waals surface area contributed by atoms with E-state index in [9.17, 15) is 9.59 Å². The maximum Gasteiger partial charge on any atom is 0.239 e. The van der Waals surface area contributed by atoms with Crippen LogP contribution in [0.2, 0.25) is 0 Å². The summed E-state index contributed by atoms with van der Waals surface area (Å²) < 4.78 is 0. The van der Waals surface area contributed by atoms with Crippen molar-refractivity contribution < 1.29 is 9.59 Å². The SMILES string of the molecule is CC(C)CNC(=O)CN(C)C(=O)C1CCNC1C. The van der Waals surface area contributed by atoms with Crippen LogP contribution in [0.3, 0.4) is 0 Å². The predicted octanol–water partition coefficient (Wildman–Crippen LogP) is 0.215. The van der Waals surface area contributed by atoms with E-state index in [0.717, 1.165) is 13.0 Å². The molecule has 1 aliphatic rings. The third kappa shape index (κ3) is 4.29. The highest BCUT2D eigenvalue weighted by Gasteiger charge is 2.31. The van der Waals surface area contributed by atoms with Crippen LogP contribution in [0.1, 0.15) is 27.2 Å². The number of amides is 2. The maximum absolute atomic E-state index is 12.1. The van der Waals surface area contributed by atoms with Crippen molar-refractivity contribution in [3.8, 4) is 0 Å². The molecule has 2 atom stereocenters. The number of hydrogen-bond donors (Lipinski definition) is 2. The van der Waals surface area contributed by atoms with Crippen molar-refractivity contribution in [3.05, 3.63) is 0 Å². The molecule has 1 saturated heterocycles. The Morgan fingerprint density at radius 1 is 1.44 bits per heavy atom. The fourth-order valence-electron chi connectivity index (χ4n) is 2.15. The van der Waals surface area contributed by atoms with Gasteiger partial charge in [0.2, 0.25) is 11.8 Å². The highest BCUT2D eigenvalue weighted by Crippen LogP contribution is 2.17. The Bertz CT molecular complexity index is 305. The third-order valence-electron chi connectivity index (χ3n) is 3.31. The smallest absolute Gasteiger partial charge is 0.239 e. The largest absolute Gasteiger partial charge is 0.354 e. The molecule has 0 aromatic heterocycles. The van der Waals surface area contributed by atoms with Crippen LogP contribution in [0.4, 0.5) is 0 Å². The molecule has 0 radical (unpaired) electrons. The minimum atomic E-state index is -0.0850. The quantitative estimate of drug-likeness (QED) is 0.738. The molecule has 0 aromatic carbocycles. The first-order valence-corrected chi connectivity index (χ1v) is 6.67. The van der Waals surface area contributed by atoms with Crippen LogP contribution in [-0.4, -0.2) is 49.4 Å². The van der Waals surface area contributed by atoms with E-state index >= 15 is 0 Å². The molecule has 18 heavy (non-hydrogen) atoms. The second kappa shape index (κ2) is 6.73. The van der Waals surface area contributed by atoms with Crippen molar-refractivity contribution >= 4 is 11.8 Å². The summed E-state index contributed by atoms with van der Waals surface area (Å²) in [6.07, 6.45) is 0.859. The molecular formula is C13H25N3O2. The van der Waals surface area contributed by atoms with E-state index in [1.54, 1.807) is 7.05 Å². The third-order valence-corrected chi connectivity index (χ3v) is 3.31. The molecule has 104 valence electrons. The lowest BCUT2D eigenvalue weighted by molar-refractivity contribution is -0.138. The Morgan fingerprint density at radius 3 is 2.61 bits per heavy atom. The number of carbonyl (C=O) groups excluding carboxylic acids is 2. The Morgan fingerprint density at radius 2 is 2.11 bits per heavy atom. The van der Waals surface area contributed by atoms with E-state index in [1.807, 2.05) is 20.8 Å². The number of carbonyl (C=O) groups is 2. The fraction of sp³-hybridized carbons (Fsp3) is 0.846. The summed E-state index contributed by atoms with van der Waals surface area (Å²) >= 11 is 0. The first-order chi connectivity index (χ1) is 8.41. The zero-order valence-electron chi connectivity index (χ0n) is 11.8. The fourth-order valence-corrected chi connectivity index (χ4v) is 2.15. The minimum absolute atomic E-state index is 0.00731. The Balaban J connectivity index is 2.37. The molecular weight excluding hydrogens is 230 g/mol. The summed E-state index contributed by atoms with van der Waals surface area (Å²) in [6.45, 7) is 7.78. The van der Waals surface area contributed by atoms with Crippen LogP contribution >= 0.6 is 0 Å². The molecule has 0 bridgehead atoms. The molecule has 1 aliphatic heterocycles. The topological polar surface area (TPSA) is 61.4 Å². The highest BCUT2D eigenvalue weighted by atomic mass is 16.2. The molecule has 0 saturated carbocycles. The van der Waals surface area contributed by atoms with Gasteiger partial charge in [0.1, 0.15) is 0 Å². The van der Waals surface area contributed by atoms with Crippen molar-refractivity contribution in [2.45, 2.75) is 33.2 Å². The maximum atomic E-state index is 12.1. The van der Waals surface area contributed by atoms with Crippen molar-refractivity contribution in [2.75, 3.05) is 26.7 Å². The van der Waals surface area contributed by atoms with Gasteiger partial charge in [-0.2, -0.15) is 0 Å². The van der Waals surface area contributed by atoms with Gasteiger partial charge in [0.05, 0.1) is 12.5 Å². The molecule has 2 N–H and O–H groups in total. The standard InChI is InChI=1S/C13H25N3O2/c1-9(2)7-15-12(17)8-16(4)13(18)11-5-6-14-10(11)3/h9-11,14H,5-8H2,1-4H3,(H,15,17). The molecule has 2 unspecified atom stereocenters. The van der Waals surface area contributed by atoms with Gasteiger partial charge >= 0.3 is 0 Å². The van der Waals surface area contributed by atoms with Crippen molar-refractivity contribution in [2.24, 2.45) is 11.8 Å². The van der Waals surface area contributed by atoms with Crippen molar-refractivity contribution in [1.29, 1.82) is 0 Å². The number of hydrogen-bond acceptors (Lipinski definition) is 3. The Hall–Kier alpha value is -1.10. The van der Waals surface area contributed by atoms with Crippen LogP contribution in [-0.2, 0) is 9.59 Å². The van der Waals surface area contributed by atoms with Gasteiger partial charge in [-0.05, 0) is 25.8 Å². The lowest BCUT2D eigenvalue weighted by Gasteiger charge is -2.22. The zero-order chi connectivity index (χ0) is 13.7. The summed E-state index contributed by atoms with van der Waals surface area (Å²) in [5.41, 5.74) is 0. The number of nitrogens with one attached hydrogen (secondary N) is 2. The van der Waals surface area contributed by atoms with Crippen LogP contribution in [0, 0.1) is 11.8 Å². The molecule has 5 nitrogen and oxygen atoms in total. The zero-order valence-corrected chi connectivity index (χ0v) is 11.8. The number of rotatable bonds is 5. The van der Waals surface area contributed by atoms with Gasteiger partial charge in [-0.1, -0.05) is 13.8 Å². The van der Waals surface area contributed by atoms with Gasteiger partial charge in [-0.15, -0.1) is 0 Å². The van der Waals surface area contributed by atoms with Gasteiger partial charge in [0.25, 0.3) is 0 Å². The van der Waals surface area contributed by atoms with Gasteiger partial charge in [-0.3, -0.25) is 9.59 Å². The summed E-state index contributed by atoms with van der Waals surface area (Å²) in [4.78, 5) is 25.3. The minimum Gasteiger partial charge on any atom is -0.354 e.